The fourth-order valence-corrected chi connectivity index (χ4v) is 2.59. The van der Waals surface area contributed by atoms with Crippen LogP contribution in [0, 0.1) is 6.92 Å². The minimum atomic E-state index is -0.130. The van der Waals surface area contributed by atoms with Gasteiger partial charge in [-0.15, -0.1) is 0 Å². The number of furan rings is 1. The molecule has 1 saturated heterocycles. The first-order valence-corrected chi connectivity index (χ1v) is 7.58. The van der Waals surface area contributed by atoms with E-state index in [0.29, 0.717) is 31.7 Å². The summed E-state index contributed by atoms with van der Waals surface area (Å²) in [4.78, 5) is 28.0. The maximum Gasteiger partial charge on any atom is 0.321 e. The number of nitrogens with zero attached hydrogens (tertiary/aromatic N) is 2. The molecule has 1 aromatic heterocycles. The van der Waals surface area contributed by atoms with Crippen LogP contribution in [-0.4, -0.2) is 47.9 Å². The second-order valence-electron chi connectivity index (χ2n) is 5.54. The van der Waals surface area contributed by atoms with Gasteiger partial charge in [0.2, 0.25) is 0 Å². The van der Waals surface area contributed by atoms with E-state index in [4.69, 9.17) is 4.42 Å². The summed E-state index contributed by atoms with van der Waals surface area (Å²) in [7, 11) is 0. The van der Waals surface area contributed by atoms with E-state index in [9.17, 15) is 9.59 Å². The zero-order valence-electron chi connectivity index (χ0n) is 13.0. The molecule has 0 radical (unpaired) electrons. The number of anilines is 1. The van der Waals surface area contributed by atoms with Crippen LogP contribution in [0.25, 0.3) is 0 Å². The van der Waals surface area contributed by atoms with Crippen LogP contribution in [0.4, 0.5) is 10.5 Å². The summed E-state index contributed by atoms with van der Waals surface area (Å²) in [5.74, 6) is -0.0577. The van der Waals surface area contributed by atoms with Gasteiger partial charge in [0.05, 0.1) is 11.8 Å². The lowest BCUT2D eigenvalue weighted by atomic mass is 10.2. The lowest BCUT2D eigenvalue weighted by Crippen LogP contribution is -2.51. The summed E-state index contributed by atoms with van der Waals surface area (Å²) in [5.41, 5.74) is 2.38. The number of carbonyl (C=O) groups is 2. The van der Waals surface area contributed by atoms with Crippen molar-refractivity contribution >= 4 is 17.6 Å². The van der Waals surface area contributed by atoms with Crippen molar-refractivity contribution in [2.45, 2.75) is 6.92 Å². The second kappa shape index (κ2) is 6.56. The summed E-state index contributed by atoms with van der Waals surface area (Å²) < 4.78 is 4.94. The van der Waals surface area contributed by atoms with E-state index in [1.54, 1.807) is 15.9 Å². The van der Waals surface area contributed by atoms with Gasteiger partial charge in [-0.3, -0.25) is 4.79 Å². The Hall–Kier alpha value is -2.76. The van der Waals surface area contributed by atoms with Gasteiger partial charge < -0.3 is 19.5 Å². The Morgan fingerprint density at radius 2 is 1.74 bits per heavy atom. The zero-order valence-corrected chi connectivity index (χ0v) is 13.0. The molecule has 1 aromatic carbocycles. The molecule has 1 aliphatic rings. The highest BCUT2D eigenvalue weighted by atomic mass is 16.3. The molecule has 120 valence electrons. The number of hydrogen-bond acceptors (Lipinski definition) is 3. The highest BCUT2D eigenvalue weighted by Gasteiger charge is 2.25. The van der Waals surface area contributed by atoms with Crippen LogP contribution in [-0.2, 0) is 0 Å². The number of aryl methyl sites for hydroxylation is 1. The maximum absolute atomic E-state index is 12.3. The first-order chi connectivity index (χ1) is 11.1. The molecule has 0 spiro atoms. The molecule has 1 fully saturated rings. The monoisotopic (exact) mass is 313 g/mol. The zero-order chi connectivity index (χ0) is 16.2. The quantitative estimate of drug-likeness (QED) is 0.926. The highest BCUT2D eigenvalue weighted by molar-refractivity contribution is 5.94. The van der Waals surface area contributed by atoms with Crippen molar-refractivity contribution in [2.24, 2.45) is 0 Å². The minimum Gasteiger partial charge on any atom is -0.472 e. The van der Waals surface area contributed by atoms with E-state index in [2.05, 4.69) is 5.32 Å². The molecule has 3 rings (SSSR count). The molecule has 1 aliphatic heterocycles. The highest BCUT2D eigenvalue weighted by Crippen LogP contribution is 2.15. The largest absolute Gasteiger partial charge is 0.472 e. The summed E-state index contributed by atoms with van der Waals surface area (Å²) in [6, 6.07) is 9.19. The SMILES string of the molecule is Cc1ccccc1NC(=O)N1CCN(C(=O)c2ccoc2)CC1. The van der Waals surface area contributed by atoms with E-state index in [-0.39, 0.29) is 11.9 Å². The molecular weight excluding hydrogens is 294 g/mol. The van der Waals surface area contributed by atoms with Gasteiger partial charge in [-0.1, -0.05) is 18.2 Å². The molecule has 23 heavy (non-hydrogen) atoms. The van der Waals surface area contributed by atoms with Gasteiger partial charge in [-0.25, -0.2) is 4.79 Å². The average molecular weight is 313 g/mol. The number of carbonyl (C=O) groups excluding carboxylic acids is 2. The van der Waals surface area contributed by atoms with Crippen molar-refractivity contribution in [2.75, 3.05) is 31.5 Å². The third-order valence-electron chi connectivity index (χ3n) is 4.01. The van der Waals surface area contributed by atoms with E-state index in [1.165, 1.54) is 12.5 Å². The van der Waals surface area contributed by atoms with Crippen molar-refractivity contribution in [1.29, 1.82) is 0 Å². The van der Waals surface area contributed by atoms with Crippen LogP contribution in [0.15, 0.2) is 47.3 Å². The lowest BCUT2D eigenvalue weighted by Gasteiger charge is -2.34. The number of piperazine rings is 1. The van der Waals surface area contributed by atoms with Crippen LogP contribution < -0.4 is 5.32 Å². The van der Waals surface area contributed by atoms with Crippen molar-refractivity contribution in [1.82, 2.24) is 9.80 Å². The van der Waals surface area contributed by atoms with Crippen molar-refractivity contribution in [3.8, 4) is 0 Å². The van der Waals surface area contributed by atoms with Gasteiger partial charge >= 0.3 is 6.03 Å². The van der Waals surface area contributed by atoms with Gasteiger partial charge in [-0.2, -0.15) is 0 Å². The Bertz CT molecular complexity index is 689. The van der Waals surface area contributed by atoms with Crippen molar-refractivity contribution in [3.63, 3.8) is 0 Å². The standard InChI is InChI=1S/C17H19N3O3/c1-13-4-2-3-5-15(13)18-17(22)20-9-7-19(8-10-20)16(21)14-6-11-23-12-14/h2-6,11-12H,7-10H2,1H3,(H,18,22). The van der Waals surface area contributed by atoms with Crippen LogP contribution in [0.1, 0.15) is 15.9 Å². The maximum atomic E-state index is 12.3. The number of benzene rings is 1. The van der Waals surface area contributed by atoms with Crippen LogP contribution in [0.2, 0.25) is 0 Å². The fourth-order valence-electron chi connectivity index (χ4n) is 2.59. The van der Waals surface area contributed by atoms with Gasteiger partial charge in [0.15, 0.2) is 0 Å². The number of para-hydroxylation sites is 1. The van der Waals surface area contributed by atoms with Crippen LogP contribution in [0.5, 0.6) is 0 Å². The molecule has 6 heteroatoms. The Kier molecular flexibility index (Phi) is 4.32. The minimum absolute atomic E-state index is 0.0577. The van der Waals surface area contributed by atoms with Crippen LogP contribution >= 0.6 is 0 Å². The third-order valence-corrected chi connectivity index (χ3v) is 4.01. The summed E-state index contributed by atoms with van der Waals surface area (Å²) in [5, 5.41) is 2.92. The van der Waals surface area contributed by atoms with Crippen molar-refractivity contribution < 1.29 is 14.0 Å². The second-order valence-corrected chi connectivity index (χ2v) is 5.54. The van der Waals surface area contributed by atoms with Gasteiger partial charge in [-0.05, 0) is 24.6 Å². The Balaban J connectivity index is 1.55. The summed E-state index contributed by atoms with van der Waals surface area (Å²) in [6.07, 6.45) is 2.93. The molecule has 0 saturated carbocycles. The summed E-state index contributed by atoms with van der Waals surface area (Å²) in [6.45, 7) is 4.02. The topological polar surface area (TPSA) is 65.8 Å². The van der Waals surface area contributed by atoms with Crippen LogP contribution in [0.3, 0.4) is 0 Å². The third kappa shape index (κ3) is 3.36. The Morgan fingerprint density at radius 3 is 2.39 bits per heavy atom. The lowest BCUT2D eigenvalue weighted by molar-refractivity contribution is 0.0671. The Labute approximate surface area is 134 Å². The number of hydrogen-bond donors (Lipinski definition) is 1. The normalized spacial score (nSPS) is 14.7. The van der Waals surface area contributed by atoms with Gasteiger partial charge in [0.1, 0.15) is 6.26 Å². The van der Waals surface area contributed by atoms with Gasteiger partial charge in [0.25, 0.3) is 5.91 Å². The predicted octanol–water partition coefficient (Wildman–Crippen LogP) is 2.58. The number of rotatable bonds is 2. The molecule has 0 atom stereocenters. The molecule has 1 N–H and O–H groups in total. The Morgan fingerprint density at radius 1 is 1.04 bits per heavy atom. The molecule has 6 nitrogen and oxygen atoms in total. The predicted molar refractivity (Wildman–Crippen MR) is 86.4 cm³/mol. The van der Waals surface area contributed by atoms with E-state index >= 15 is 0 Å². The van der Waals surface area contributed by atoms with Gasteiger partial charge in [0, 0.05) is 31.9 Å². The smallest absolute Gasteiger partial charge is 0.321 e. The number of urea groups is 1. The first-order valence-electron chi connectivity index (χ1n) is 7.58. The number of nitrogens with one attached hydrogen (secondary N) is 1. The average Bonchev–Trinajstić information content (AvgIpc) is 3.11. The first kappa shape index (κ1) is 15.1. The van der Waals surface area contributed by atoms with E-state index < -0.39 is 0 Å². The van der Waals surface area contributed by atoms with Crippen molar-refractivity contribution in [3.05, 3.63) is 54.0 Å². The molecule has 3 amide bonds. The summed E-state index contributed by atoms with van der Waals surface area (Å²) >= 11 is 0. The molecule has 0 aliphatic carbocycles. The molecule has 2 heterocycles. The molecule has 0 unspecified atom stereocenters. The molecular formula is C17H19N3O3. The number of amides is 3. The van der Waals surface area contributed by atoms with E-state index in [0.717, 1.165) is 11.3 Å². The molecule has 2 aromatic rings. The molecule has 0 bridgehead atoms. The fraction of sp³-hybridized carbons (Fsp3) is 0.294. The van der Waals surface area contributed by atoms with E-state index in [1.807, 2.05) is 31.2 Å².